The van der Waals surface area contributed by atoms with Crippen LogP contribution in [-0.4, -0.2) is 74.0 Å². The van der Waals surface area contributed by atoms with E-state index in [1.807, 2.05) is 4.90 Å². The zero-order valence-corrected chi connectivity index (χ0v) is 14.8. The average Bonchev–Trinajstić information content (AvgIpc) is 2.61. The number of carbonyl (C=O) groups is 3. The third-order valence-corrected chi connectivity index (χ3v) is 5.12. The third kappa shape index (κ3) is 5.19. The van der Waals surface area contributed by atoms with Crippen LogP contribution in [0.5, 0.6) is 0 Å². The first kappa shape index (κ1) is 18.7. The Morgan fingerprint density at radius 3 is 2.38 bits per heavy atom. The Balaban J connectivity index is 1.66. The van der Waals surface area contributed by atoms with Gasteiger partial charge in [-0.25, -0.2) is 0 Å². The second kappa shape index (κ2) is 9.01. The average molecular weight is 339 g/mol. The minimum atomic E-state index is -0.198. The summed E-state index contributed by atoms with van der Waals surface area (Å²) in [6, 6.07) is 0. The molecule has 0 radical (unpaired) electrons. The molecule has 2 atom stereocenters. The van der Waals surface area contributed by atoms with Crippen LogP contribution in [0.1, 0.15) is 32.6 Å². The normalized spacial score (nSPS) is 25.2. The third-order valence-electron chi connectivity index (χ3n) is 5.12. The van der Waals surface area contributed by atoms with Crippen LogP contribution in [0, 0.1) is 11.8 Å². The number of methoxy groups -OCH3 is 1. The Labute approximate surface area is 143 Å². The van der Waals surface area contributed by atoms with Gasteiger partial charge >= 0.3 is 5.97 Å². The zero-order chi connectivity index (χ0) is 17.5. The van der Waals surface area contributed by atoms with E-state index in [9.17, 15) is 14.4 Å². The summed E-state index contributed by atoms with van der Waals surface area (Å²) in [7, 11) is 1.40. The molecular weight excluding hydrogens is 310 g/mol. The molecule has 2 amide bonds. The molecule has 2 rings (SSSR count). The summed E-state index contributed by atoms with van der Waals surface area (Å²) in [5, 5.41) is 3.00. The van der Waals surface area contributed by atoms with Crippen LogP contribution in [0.4, 0.5) is 0 Å². The van der Waals surface area contributed by atoms with Crippen molar-refractivity contribution in [3.8, 4) is 0 Å². The molecule has 2 aliphatic rings. The van der Waals surface area contributed by atoms with E-state index in [4.69, 9.17) is 4.74 Å². The lowest BCUT2D eigenvalue weighted by molar-refractivity contribution is -0.147. The Hall–Kier alpha value is -1.63. The Morgan fingerprint density at radius 2 is 1.75 bits per heavy atom. The van der Waals surface area contributed by atoms with E-state index in [1.165, 1.54) is 7.11 Å². The summed E-state index contributed by atoms with van der Waals surface area (Å²) in [6.45, 7) is 6.22. The Bertz CT molecular complexity index is 461. The number of nitrogens with zero attached hydrogens (tertiary/aromatic N) is 2. The first-order valence-electron chi connectivity index (χ1n) is 8.84. The fourth-order valence-corrected chi connectivity index (χ4v) is 3.58. The number of nitrogens with one attached hydrogen (secondary N) is 1. The van der Waals surface area contributed by atoms with Gasteiger partial charge in [-0.2, -0.15) is 0 Å². The van der Waals surface area contributed by atoms with Gasteiger partial charge < -0.3 is 15.0 Å². The second-order valence-electron chi connectivity index (χ2n) is 6.72. The van der Waals surface area contributed by atoms with Crippen LogP contribution in [0.2, 0.25) is 0 Å². The standard InChI is InChI=1S/C17H29N3O4/c1-13(21)20-10-8-19(9-11-20)7-6-18-16(22)14-4-3-5-15(12-14)17(23)24-2/h14-15H,3-12H2,1-2H3,(H,18,22). The molecule has 7 heteroatoms. The van der Waals surface area contributed by atoms with Crippen LogP contribution in [-0.2, 0) is 19.1 Å². The van der Waals surface area contributed by atoms with Crippen molar-refractivity contribution < 1.29 is 19.1 Å². The molecule has 136 valence electrons. The summed E-state index contributed by atoms with van der Waals surface area (Å²) < 4.78 is 4.80. The molecule has 1 saturated heterocycles. The number of hydrogen-bond donors (Lipinski definition) is 1. The van der Waals surface area contributed by atoms with Crippen LogP contribution < -0.4 is 5.32 Å². The molecule has 2 unspecified atom stereocenters. The van der Waals surface area contributed by atoms with Gasteiger partial charge in [0.1, 0.15) is 0 Å². The molecule has 1 saturated carbocycles. The van der Waals surface area contributed by atoms with Gasteiger partial charge in [0.05, 0.1) is 13.0 Å². The van der Waals surface area contributed by atoms with Gasteiger partial charge in [-0.1, -0.05) is 6.42 Å². The number of ether oxygens (including phenoxy) is 1. The van der Waals surface area contributed by atoms with Crippen molar-refractivity contribution in [2.24, 2.45) is 11.8 Å². The zero-order valence-electron chi connectivity index (χ0n) is 14.8. The Morgan fingerprint density at radius 1 is 1.08 bits per heavy atom. The summed E-state index contributed by atoms with van der Waals surface area (Å²) in [4.78, 5) is 39.4. The number of rotatable bonds is 5. The van der Waals surface area contributed by atoms with Gasteiger partial charge in [0.25, 0.3) is 0 Å². The molecule has 0 spiro atoms. The summed E-state index contributed by atoms with van der Waals surface area (Å²) in [5.41, 5.74) is 0. The minimum Gasteiger partial charge on any atom is -0.469 e. The quantitative estimate of drug-likeness (QED) is 0.726. The number of carbonyl (C=O) groups excluding carboxylic acids is 3. The lowest BCUT2D eigenvalue weighted by Crippen LogP contribution is -2.50. The minimum absolute atomic E-state index is 0.0472. The van der Waals surface area contributed by atoms with Crippen molar-refractivity contribution >= 4 is 17.8 Å². The molecule has 1 N–H and O–H groups in total. The van der Waals surface area contributed by atoms with Gasteiger partial charge in [-0.3, -0.25) is 19.3 Å². The maximum atomic E-state index is 12.3. The van der Waals surface area contributed by atoms with Gasteiger partial charge in [-0.05, 0) is 19.3 Å². The highest BCUT2D eigenvalue weighted by molar-refractivity contribution is 5.80. The molecule has 7 nitrogen and oxygen atoms in total. The largest absolute Gasteiger partial charge is 0.469 e. The summed E-state index contributed by atoms with van der Waals surface area (Å²) >= 11 is 0. The van der Waals surface area contributed by atoms with Gasteiger partial charge in [-0.15, -0.1) is 0 Å². The first-order valence-corrected chi connectivity index (χ1v) is 8.84. The van der Waals surface area contributed by atoms with Crippen molar-refractivity contribution in [3.63, 3.8) is 0 Å². The molecule has 1 heterocycles. The monoisotopic (exact) mass is 339 g/mol. The van der Waals surface area contributed by atoms with Crippen LogP contribution in [0.15, 0.2) is 0 Å². The second-order valence-corrected chi connectivity index (χ2v) is 6.72. The van der Waals surface area contributed by atoms with E-state index in [1.54, 1.807) is 6.92 Å². The number of amides is 2. The highest BCUT2D eigenvalue weighted by Gasteiger charge is 2.31. The van der Waals surface area contributed by atoms with Crippen LogP contribution in [0.3, 0.4) is 0 Å². The maximum absolute atomic E-state index is 12.3. The molecular formula is C17H29N3O4. The fourth-order valence-electron chi connectivity index (χ4n) is 3.58. The van der Waals surface area contributed by atoms with Gasteiger partial charge in [0.2, 0.25) is 11.8 Å². The van der Waals surface area contributed by atoms with E-state index in [0.29, 0.717) is 13.0 Å². The van der Waals surface area contributed by atoms with E-state index in [0.717, 1.165) is 52.0 Å². The lowest BCUT2D eigenvalue weighted by Gasteiger charge is -2.34. The SMILES string of the molecule is COC(=O)C1CCCC(C(=O)NCCN2CCN(C(C)=O)CC2)C1. The van der Waals surface area contributed by atoms with Crippen molar-refractivity contribution in [1.29, 1.82) is 0 Å². The smallest absolute Gasteiger partial charge is 0.308 e. The molecule has 24 heavy (non-hydrogen) atoms. The lowest BCUT2D eigenvalue weighted by atomic mass is 9.81. The van der Waals surface area contributed by atoms with Crippen LogP contribution >= 0.6 is 0 Å². The predicted molar refractivity (Wildman–Crippen MR) is 89.2 cm³/mol. The van der Waals surface area contributed by atoms with E-state index in [-0.39, 0.29) is 29.6 Å². The van der Waals surface area contributed by atoms with Gasteiger partial charge in [0, 0.05) is 52.1 Å². The highest BCUT2D eigenvalue weighted by Crippen LogP contribution is 2.29. The molecule has 0 aromatic heterocycles. The van der Waals surface area contributed by atoms with Gasteiger partial charge in [0.15, 0.2) is 0 Å². The number of piperazine rings is 1. The topological polar surface area (TPSA) is 79.0 Å². The highest BCUT2D eigenvalue weighted by atomic mass is 16.5. The molecule has 0 bridgehead atoms. The molecule has 0 aromatic rings. The van der Waals surface area contributed by atoms with Crippen LogP contribution in [0.25, 0.3) is 0 Å². The number of hydrogen-bond acceptors (Lipinski definition) is 5. The summed E-state index contributed by atoms with van der Waals surface area (Å²) in [6.07, 6.45) is 3.15. The van der Waals surface area contributed by atoms with E-state index >= 15 is 0 Å². The fraction of sp³-hybridized carbons (Fsp3) is 0.824. The van der Waals surface area contributed by atoms with E-state index < -0.39 is 0 Å². The van der Waals surface area contributed by atoms with Crippen molar-refractivity contribution in [1.82, 2.24) is 15.1 Å². The van der Waals surface area contributed by atoms with Crippen molar-refractivity contribution in [2.45, 2.75) is 32.6 Å². The first-order chi connectivity index (χ1) is 11.5. The summed E-state index contributed by atoms with van der Waals surface area (Å²) in [5.74, 6) is -0.251. The predicted octanol–water partition coefficient (Wildman–Crippen LogP) is 0.246. The molecule has 1 aliphatic carbocycles. The van der Waals surface area contributed by atoms with E-state index in [2.05, 4.69) is 10.2 Å². The Kier molecular flexibility index (Phi) is 7.02. The number of esters is 1. The molecule has 0 aromatic carbocycles. The van der Waals surface area contributed by atoms with Crippen molar-refractivity contribution in [3.05, 3.63) is 0 Å². The molecule has 2 fully saturated rings. The maximum Gasteiger partial charge on any atom is 0.308 e. The van der Waals surface area contributed by atoms with Crippen molar-refractivity contribution in [2.75, 3.05) is 46.4 Å². The molecule has 1 aliphatic heterocycles.